The van der Waals surface area contributed by atoms with Gasteiger partial charge in [-0.2, -0.15) is 0 Å². The van der Waals surface area contributed by atoms with Gasteiger partial charge in [0, 0.05) is 0 Å². The molecule has 3 atom stereocenters. The van der Waals surface area contributed by atoms with Crippen LogP contribution in [0.5, 0.6) is 0 Å². The normalized spacial score (nSPS) is 20.1. The van der Waals surface area contributed by atoms with Gasteiger partial charge in [0.05, 0.1) is 0 Å². The van der Waals surface area contributed by atoms with Crippen molar-refractivity contribution in [2.24, 2.45) is 0 Å². The monoisotopic (exact) mass is 294 g/mol. The Balaban J connectivity index is 3.91. The van der Waals surface area contributed by atoms with Gasteiger partial charge in [0.15, 0.2) is 10.4 Å². The molecular weight excluding hydrogens is 280 g/mol. The first-order valence-electron chi connectivity index (χ1n) is 3.99. The van der Waals surface area contributed by atoms with Gasteiger partial charge < -0.3 is 0 Å². The van der Waals surface area contributed by atoms with Gasteiger partial charge in [-0.25, -0.2) is 13.2 Å². The molecular formula is C8H14F3I. The van der Waals surface area contributed by atoms with E-state index < -0.39 is 37.3 Å². The molecule has 0 N–H and O–H groups in total. The zero-order valence-corrected chi connectivity index (χ0v) is 9.39. The van der Waals surface area contributed by atoms with E-state index in [4.69, 9.17) is 0 Å². The van der Waals surface area contributed by atoms with Crippen LogP contribution < -0.4 is 0 Å². The van der Waals surface area contributed by atoms with Crippen molar-refractivity contribution in [2.45, 2.75) is 43.2 Å². The van der Waals surface area contributed by atoms with Crippen molar-refractivity contribution in [1.82, 2.24) is 0 Å². The predicted molar refractivity (Wildman–Crippen MR) is 55.4 cm³/mol. The number of hydrogen-bond acceptors (Lipinski definition) is 0. The third kappa shape index (κ3) is 4.42. The van der Waals surface area contributed by atoms with Gasteiger partial charge in [0.25, 0.3) is 0 Å². The first-order chi connectivity index (χ1) is 5.63. The SMILES string of the molecule is CCC=I[C@H](F)C(F)[C@H](F)CC. The minimum absolute atomic E-state index is 0.0530. The lowest BCUT2D eigenvalue weighted by molar-refractivity contribution is 0.126. The van der Waals surface area contributed by atoms with Gasteiger partial charge in [-0.1, -0.05) is 38.6 Å². The van der Waals surface area contributed by atoms with E-state index in [1.165, 1.54) is 6.92 Å². The summed E-state index contributed by atoms with van der Waals surface area (Å²) in [5.74, 6) is 0. The largest absolute Gasteiger partial charge is 0.244 e. The Labute approximate surface area is 81.3 Å². The summed E-state index contributed by atoms with van der Waals surface area (Å²) in [5, 5.41) is 0. The molecule has 0 aliphatic rings. The molecule has 12 heavy (non-hydrogen) atoms. The zero-order valence-electron chi connectivity index (χ0n) is 7.24. The van der Waals surface area contributed by atoms with Crippen LogP contribution >= 0.6 is 20.7 Å². The highest BCUT2D eigenvalue weighted by Crippen LogP contribution is 2.23. The van der Waals surface area contributed by atoms with Crippen LogP contribution in [0, 0.1) is 0 Å². The van der Waals surface area contributed by atoms with Gasteiger partial charge in [0.1, 0.15) is 6.17 Å². The molecule has 0 aromatic rings. The highest BCUT2D eigenvalue weighted by atomic mass is 127. The van der Waals surface area contributed by atoms with Gasteiger partial charge in [-0.15, -0.1) is 0 Å². The Hall–Kier alpha value is 0.390. The first-order valence-corrected chi connectivity index (χ1v) is 6.48. The molecule has 1 unspecified atom stereocenters. The fraction of sp³-hybridized carbons (Fsp3) is 0.875. The number of alkyl halides is 4. The summed E-state index contributed by atoms with van der Waals surface area (Å²) in [6, 6.07) is 0. The van der Waals surface area contributed by atoms with Crippen molar-refractivity contribution in [3.63, 3.8) is 0 Å². The quantitative estimate of drug-likeness (QED) is 0.537. The maximum absolute atomic E-state index is 12.8. The first kappa shape index (κ1) is 12.4. The fourth-order valence-corrected chi connectivity index (χ4v) is 2.47. The Bertz CT molecular complexity index is 138. The van der Waals surface area contributed by atoms with Crippen LogP contribution in [-0.2, 0) is 0 Å². The summed E-state index contributed by atoms with van der Waals surface area (Å²) < 4.78 is 38.4. The van der Waals surface area contributed by atoms with E-state index in [9.17, 15) is 13.2 Å². The molecule has 0 bridgehead atoms. The van der Waals surface area contributed by atoms with E-state index in [-0.39, 0.29) is 6.42 Å². The molecule has 0 heterocycles. The van der Waals surface area contributed by atoms with Crippen molar-refractivity contribution >= 4 is 24.7 Å². The van der Waals surface area contributed by atoms with Gasteiger partial charge >= 0.3 is 0 Å². The Morgan fingerprint density at radius 3 is 2.25 bits per heavy atom. The summed E-state index contributed by atoms with van der Waals surface area (Å²) in [6.45, 7) is 3.39. The van der Waals surface area contributed by atoms with Crippen molar-refractivity contribution in [3.8, 4) is 0 Å². The van der Waals surface area contributed by atoms with Crippen LogP contribution in [0.4, 0.5) is 13.2 Å². The van der Waals surface area contributed by atoms with Crippen LogP contribution in [0.25, 0.3) is 0 Å². The molecule has 0 saturated heterocycles. The van der Waals surface area contributed by atoms with E-state index in [0.717, 1.165) is 6.42 Å². The molecule has 4 heteroatoms. The van der Waals surface area contributed by atoms with Crippen molar-refractivity contribution in [3.05, 3.63) is 0 Å². The van der Waals surface area contributed by atoms with Crippen LogP contribution in [0.1, 0.15) is 26.7 Å². The molecule has 74 valence electrons. The molecule has 0 nitrogen and oxygen atoms in total. The van der Waals surface area contributed by atoms with Crippen molar-refractivity contribution in [2.75, 3.05) is 0 Å². The second-order valence-corrected chi connectivity index (χ2v) is 5.18. The van der Waals surface area contributed by atoms with Crippen LogP contribution in [-0.4, -0.2) is 20.5 Å². The summed E-state index contributed by atoms with van der Waals surface area (Å²) in [5.41, 5.74) is 0. The maximum Gasteiger partial charge on any atom is 0.179 e. The molecule has 0 spiro atoms. The Morgan fingerprint density at radius 1 is 1.25 bits per heavy atom. The average molecular weight is 294 g/mol. The second kappa shape index (κ2) is 6.86. The Morgan fingerprint density at radius 2 is 1.83 bits per heavy atom. The maximum atomic E-state index is 12.8. The third-order valence-electron chi connectivity index (χ3n) is 1.34. The summed E-state index contributed by atoms with van der Waals surface area (Å²) >= 11 is -0.925. The average Bonchev–Trinajstić information content (AvgIpc) is 2.11. The molecule has 0 fully saturated rings. The predicted octanol–water partition coefficient (Wildman–Crippen LogP) is 3.55. The van der Waals surface area contributed by atoms with E-state index in [2.05, 4.69) is 0 Å². The van der Waals surface area contributed by atoms with Crippen molar-refractivity contribution in [1.29, 1.82) is 0 Å². The molecule has 0 radical (unpaired) electrons. The topological polar surface area (TPSA) is 0 Å². The standard InChI is InChI=1S/C8H14F3I/c1-3-5-12-8(11)7(10)6(9)4-2/h5-8H,3-4H2,1-2H3/t6-,7?,8+/m1/s1. The van der Waals surface area contributed by atoms with E-state index >= 15 is 0 Å². The fourth-order valence-electron chi connectivity index (χ4n) is 0.627. The molecule has 0 saturated carbocycles. The van der Waals surface area contributed by atoms with Gasteiger partial charge in [-0.05, 0) is 12.8 Å². The minimum atomic E-state index is -1.91. The molecule has 0 aromatic heterocycles. The lowest BCUT2D eigenvalue weighted by Crippen LogP contribution is -2.23. The zero-order chi connectivity index (χ0) is 9.56. The summed E-state index contributed by atoms with van der Waals surface area (Å²) in [4.78, 5) is 0. The smallest absolute Gasteiger partial charge is 0.179 e. The van der Waals surface area contributed by atoms with Crippen LogP contribution in [0.15, 0.2) is 0 Å². The number of hydrogen-bond donors (Lipinski definition) is 0. The highest BCUT2D eigenvalue weighted by molar-refractivity contribution is 14.2. The van der Waals surface area contributed by atoms with Gasteiger partial charge in [0.2, 0.25) is 0 Å². The number of rotatable bonds is 5. The molecule has 0 aromatic carbocycles. The van der Waals surface area contributed by atoms with Gasteiger partial charge in [-0.3, -0.25) is 0 Å². The highest BCUT2D eigenvalue weighted by Gasteiger charge is 2.26. The van der Waals surface area contributed by atoms with Crippen LogP contribution in [0.3, 0.4) is 0 Å². The molecule has 0 aliphatic heterocycles. The van der Waals surface area contributed by atoms with E-state index in [0.29, 0.717) is 0 Å². The summed E-state index contributed by atoms with van der Waals surface area (Å²) in [6.07, 6.45) is -2.75. The lowest BCUT2D eigenvalue weighted by Gasteiger charge is -2.12. The van der Waals surface area contributed by atoms with E-state index in [1.807, 2.05) is 6.92 Å². The lowest BCUT2D eigenvalue weighted by atomic mass is 10.2. The molecule has 0 amide bonds. The molecule has 0 aliphatic carbocycles. The van der Waals surface area contributed by atoms with Crippen LogP contribution in [0.2, 0.25) is 0 Å². The molecule has 0 rings (SSSR count). The minimum Gasteiger partial charge on any atom is -0.244 e. The third-order valence-corrected chi connectivity index (χ3v) is 4.10. The van der Waals surface area contributed by atoms with Crippen molar-refractivity contribution < 1.29 is 13.2 Å². The summed E-state index contributed by atoms with van der Waals surface area (Å²) in [7, 11) is 0. The second-order valence-electron chi connectivity index (χ2n) is 2.39. The Kier molecular flexibility index (Phi) is 7.08. The van der Waals surface area contributed by atoms with E-state index in [1.54, 1.807) is 4.01 Å². The number of halogens is 4.